The predicted octanol–water partition coefficient (Wildman–Crippen LogP) is 2.04. The smallest absolute Gasteiger partial charge is 0.271 e. The second kappa shape index (κ2) is 5.53. The van der Waals surface area contributed by atoms with Crippen LogP contribution >= 0.6 is 0 Å². The SMILES string of the molecule is O=C(Nc1cccnc1)[C@@H]1C2CCC(C2)N1C(=O)c1ccc[nH]1. The van der Waals surface area contributed by atoms with Gasteiger partial charge in [0.2, 0.25) is 5.91 Å². The van der Waals surface area contributed by atoms with Crippen LogP contribution in [0.5, 0.6) is 0 Å². The molecular weight excluding hydrogens is 292 g/mol. The van der Waals surface area contributed by atoms with Crippen molar-refractivity contribution >= 4 is 17.5 Å². The average Bonchev–Trinajstić information content (AvgIpc) is 3.31. The molecule has 6 heteroatoms. The number of carbonyl (C=O) groups excluding carboxylic acids is 2. The molecule has 2 bridgehead atoms. The van der Waals surface area contributed by atoms with Crippen molar-refractivity contribution in [2.24, 2.45) is 5.92 Å². The van der Waals surface area contributed by atoms with E-state index in [1.165, 1.54) is 0 Å². The van der Waals surface area contributed by atoms with E-state index >= 15 is 0 Å². The number of anilines is 1. The van der Waals surface area contributed by atoms with Crippen molar-refractivity contribution in [2.75, 3.05) is 5.32 Å². The molecular formula is C17H18N4O2. The Morgan fingerprint density at radius 1 is 1.26 bits per heavy atom. The number of likely N-dealkylation sites (tertiary alicyclic amines) is 1. The summed E-state index contributed by atoms with van der Waals surface area (Å²) in [5.74, 6) is 0.0363. The third kappa shape index (κ3) is 2.40. The number of carbonyl (C=O) groups is 2. The maximum absolute atomic E-state index is 12.8. The zero-order valence-electron chi connectivity index (χ0n) is 12.6. The Hall–Kier alpha value is -2.63. The van der Waals surface area contributed by atoms with Crippen molar-refractivity contribution in [2.45, 2.75) is 31.3 Å². The molecule has 2 fully saturated rings. The minimum Gasteiger partial charge on any atom is -0.357 e. The Kier molecular flexibility index (Phi) is 3.37. The molecule has 6 nitrogen and oxygen atoms in total. The Labute approximate surface area is 133 Å². The van der Waals surface area contributed by atoms with E-state index < -0.39 is 6.04 Å². The van der Waals surface area contributed by atoms with Gasteiger partial charge in [-0.25, -0.2) is 0 Å². The third-order valence-corrected chi connectivity index (χ3v) is 4.85. The Balaban J connectivity index is 1.58. The minimum absolute atomic E-state index is 0.0893. The first-order chi connectivity index (χ1) is 11.2. The second-order valence-electron chi connectivity index (χ2n) is 6.20. The zero-order chi connectivity index (χ0) is 15.8. The van der Waals surface area contributed by atoms with Crippen molar-refractivity contribution in [1.82, 2.24) is 14.9 Å². The molecule has 2 unspecified atom stereocenters. The number of aromatic nitrogens is 2. The minimum atomic E-state index is -0.398. The molecule has 2 aromatic heterocycles. The highest BCUT2D eigenvalue weighted by atomic mass is 16.2. The molecule has 4 rings (SSSR count). The van der Waals surface area contributed by atoms with Gasteiger partial charge in [0.05, 0.1) is 11.9 Å². The van der Waals surface area contributed by atoms with E-state index in [2.05, 4.69) is 15.3 Å². The largest absolute Gasteiger partial charge is 0.357 e. The molecule has 23 heavy (non-hydrogen) atoms. The van der Waals surface area contributed by atoms with Gasteiger partial charge in [-0.1, -0.05) is 0 Å². The number of hydrogen-bond donors (Lipinski definition) is 2. The fraction of sp³-hybridized carbons (Fsp3) is 0.353. The number of aromatic amines is 1. The number of amides is 2. The van der Waals surface area contributed by atoms with E-state index in [1.807, 2.05) is 0 Å². The van der Waals surface area contributed by atoms with E-state index in [9.17, 15) is 9.59 Å². The molecule has 118 valence electrons. The van der Waals surface area contributed by atoms with Gasteiger partial charge < -0.3 is 15.2 Å². The average molecular weight is 310 g/mol. The number of nitrogens with zero attached hydrogens (tertiary/aromatic N) is 2. The molecule has 0 aromatic carbocycles. The molecule has 1 saturated heterocycles. The van der Waals surface area contributed by atoms with Crippen LogP contribution in [0.1, 0.15) is 29.8 Å². The van der Waals surface area contributed by atoms with Gasteiger partial charge in [0.15, 0.2) is 0 Å². The number of pyridine rings is 1. The molecule has 2 N–H and O–H groups in total. The van der Waals surface area contributed by atoms with E-state index in [-0.39, 0.29) is 23.8 Å². The van der Waals surface area contributed by atoms with Crippen LogP contribution in [0.25, 0.3) is 0 Å². The Morgan fingerprint density at radius 2 is 2.17 bits per heavy atom. The van der Waals surface area contributed by atoms with Crippen molar-refractivity contribution in [1.29, 1.82) is 0 Å². The normalized spacial score (nSPS) is 25.6. The fourth-order valence-electron chi connectivity index (χ4n) is 3.87. The highest BCUT2D eigenvalue weighted by Gasteiger charge is 2.51. The maximum Gasteiger partial charge on any atom is 0.271 e. The first-order valence-electron chi connectivity index (χ1n) is 7.91. The van der Waals surface area contributed by atoms with Crippen molar-refractivity contribution < 1.29 is 9.59 Å². The molecule has 3 atom stereocenters. The van der Waals surface area contributed by atoms with E-state index in [4.69, 9.17) is 0 Å². The summed E-state index contributed by atoms with van der Waals surface area (Å²) < 4.78 is 0. The van der Waals surface area contributed by atoms with Gasteiger partial charge in [-0.05, 0) is 49.4 Å². The molecule has 1 aliphatic carbocycles. The quantitative estimate of drug-likeness (QED) is 0.910. The highest BCUT2D eigenvalue weighted by Crippen LogP contribution is 2.43. The molecule has 0 radical (unpaired) electrons. The number of piperidine rings is 1. The number of nitrogens with one attached hydrogen (secondary N) is 2. The topological polar surface area (TPSA) is 78.1 Å². The summed E-state index contributed by atoms with van der Waals surface area (Å²) in [6.07, 6.45) is 7.90. The standard InChI is InChI=1S/C17H18N4O2/c22-16(20-12-3-1-7-18-10-12)15-11-5-6-13(9-11)21(15)17(23)14-4-2-8-19-14/h1-4,7-8,10-11,13,15,19H,5-6,9H2,(H,20,22)/t11?,13?,15-/m0/s1. The molecule has 1 aliphatic heterocycles. The molecule has 2 amide bonds. The van der Waals surface area contributed by atoms with Crippen LogP contribution in [0.3, 0.4) is 0 Å². The van der Waals surface area contributed by atoms with Gasteiger partial charge in [-0.3, -0.25) is 14.6 Å². The molecule has 0 spiro atoms. The van der Waals surface area contributed by atoms with Crippen LogP contribution in [-0.2, 0) is 4.79 Å². The zero-order valence-corrected chi connectivity index (χ0v) is 12.6. The van der Waals surface area contributed by atoms with Crippen LogP contribution in [0.15, 0.2) is 42.9 Å². The first kappa shape index (κ1) is 14.0. The predicted molar refractivity (Wildman–Crippen MR) is 84.7 cm³/mol. The number of rotatable bonds is 3. The van der Waals surface area contributed by atoms with Gasteiger partial charge in [0, 0.05) is 18.4 Å². The van der Waals surface area contributed by atoms with Crippen LogP contribution in [0.2, 0.25) is 0 Å². The van der Waals surface area contributed by atoms with Crippen LogP contribution < -0.4 is 5.32 Å². The van der Waals surface area contributed by atoms with Crippen LogP contribution in [0.4, 0.5) is 5.69 Å². The van der Waals surface area contributed by atoms with Crippen LogP contribution in [0, 0.1) is 5.92 Å². The molecule has 3 heterocycles. The number of H-pyrrole nitrogens is 1. The lowest BCUT2D eigenvalue weighted by Gasteiger charge is -2.34. The van der Waals surface area contributed by atoms with Gasteiger partial charge in [-0.2, -0.15) is 0 Å². The van der Waals surface area contributed by atoms with E-state index in [0.29, 0.717) is 11.4 Å². The summed E-state index contributed by atoms with van der Waals surface area (Å²) in [5.41, 5.74) is 1.20. The van der Waals surface area contributed by atoms with Gasteiger partial charge in [0.1, 0.15) is 11.7 Å². The molecule has 2 aromatic rings. The summed E-state index contributed by atoms with van der Waals surface area (Å²) in [6, 6.07) is 6.90. The van der Waals surface area contributed by atoms with Crippen molar-refractivity contribution in [3.8, 4) is 0 Å². The summed E-state index contributed by atoms with van der Waals surface area (Å²) in [4.78, 5) is 34.2. The van der Waals surface area contributed by atoms with Crippen molar-refractivity contribution in [3.63, 3.8) is 0 Å². The van der Waals surface area contributed by atoms with Gasteiger partial charge >= 0.3 is 0 Å². The molecule has 1 saturated carbocycles. The summed E-state index contributed by atoms with van der Waals surface area (Å²) in [6.45, 7) is 0. The number of hydrogen-bond acceptors (Lipinski definition) is 3. The summed E-state index contributed by atoms with van der Waals surface area (Å²) >= 11 is 0. The highest BCUT2D eigenvalue weighted by molar-refractivity contribution is 6.01. The summed E-state index contributed by atoms with van der Waals surface area (Å²) in [5, 5.41) is 2.89. The fourth-order valence-corrected chi connectivity index (χ4v) is 3.87. The molecule has 2 aliphatic rings. The lowest BCUT2D eigenvalue weighted by atomic mass is 9.97. The monoisotopic (exact) mass is 310 g/mol. The van der Waals surface area contributed by atoms with E-state index in [1.54, 1.807) is 47.8 Å². The second-order valence-corrected chi connectivity index (χ2v) is 6.20. The first-order valence-corrected chi connectivity index (χ1v) is 7.91. The van der Waals surface area contributed by atoms with E-state index in [0.717, 1.165) is 19.3 Å². The van der Waals surface area contributed by atoms with Gasteiger partial charge in [-0.15, -0.1) is 0 Å². The Morgan fingerprint density at radius 3 is 2.91 bits per heavy atom. The number of fused-ring (bicyclic) bond motifs is 2. The lowest BCUT2D eigenvalue weighted by molar-refractivity contribution is -0.121. The van der Waals surface area contributed by atoms with Gasteiger partial charge in [0.25, 0.3) is 5.91 Å². The van der Waals surface area contributed by atoms with Crippen LogP contribution in [-0.4, -0.2) is 38.8 Å². The maximum atomic E-state index is 12.8. The summed E-state index contributed by atoms with van der Waals surface area (Å²) in [7, 11) is 0. The lowest BCUT2D eigenvalue weighted by Crippen LogP contribution is -2.51. The Bertz CT molecular complexity index is 713. The third-order valence-electron chi connectivity index (χ3n) is 4.85. The van der Waals surface area contributed by atoms with Crippen molar-refractivity contribution in [3.05, 3.63) is 48.5 Å².